The summed E-state index contributed by atoms with van der Waals surface area (Å²) in [7, 11) is 5.87. The smallest absolute Gasteiger partial charge is 0.165 e. The van der Waals surface area contributed by atoms with Gasteiger partial charge in [-0.2, -0.15) is 0 Å². The number of hydrogen-bond acceptors (Lipinski definition) is 6. The molecule has 10 nitrogen and oxygen atoms in total. The molecule has 0 bridgehead atoms. The van der Waals surface area contributed by atoms with Gasteiger partial charge in [-0.25, -0.2) is 29.9 Å². The Labute approximate surface area is 621 Å². The molecule has 20 aromatic rings. The number of para-hydroxylation sites is 2. The molecule has 4 aromatic heterocycles. The number of halogens is 1. The van der Waals surface area contributed by atoms with Crippen molar-refractivity contribution < 1.29 is 11.0 Å². The van der Waals surface area contributed by atoms with Crippen LogP contribution in [0.25, 0.3) is 178 Å². The minimum absolute atomic E-state index is 0. The minimum Gasteiger partial charge on any atom is -0.412 e. The topological polar surface area (TPSA) is 150 Å². The lowest BCUT2D eigenvalue weighted by Gasteiger charge is -2.15. The summed E-state index contributed by atoms with van der Waals surface area (Å²) >= 11 is 3.72. The van der Waals surface area contributed by atoms with Crippen molar-refractivity contribution in [1.29, 1.82) is 0 Å². The molecule has 0 saturated heterocycles. The van der Waals surface area contributed by atoms with E-state index >= 15 is 0 Å². The fourth-order valence-electron chi connectivity index (χ4n) is 14.5. The number of fused-ring (bicyclic) bond motifs is 12. The highest BCUT2D eigenvalue weighted by Crippen LogP contribution is 2.43. The Kier molecular flexibility index (Phi) is 18.5. The fourth-order valence-corrected chi connectivity index (χ4v) is 15.0. The van der Waals surface area contributed by atoms with E-state index in [1.807, 2.05) is 152 Å². The van der Waals surface area contributed by atoms with E-state index < -0.39 is 0 Å². The number of aromatic nitrogens is 8. The van der Waals surface area contributed by atoms with Gasteiger partial charge in [0.1, 0.15) is 7.85 Å². The first-order valence-corrected chi connectivity index (χ1v) is 35.4. The molecule has 0 aliphatic rings. The molecule has 12 heteroatoms. The van der Waals surface area contributed by atoms with Crippen molar-refractivity contribution in [2.24, 2.45) is 0 Å². The summed E-state index contributed by atoms with van der Waals surface area (Å²) in [6.45, 7) is 0. The molecule has 0 spiro atoms. The second-order valence-corrected chi connectivity index (χ2v) is 26.5. The molecule has 0 atom stereocenters. The van der Waals surface area contributed by atoms with Crippen LogP contribution in [0.1, 0.15) is 0 Å². The van der Waals surface area contributed by atoms with Gasteiger partial charge in [0, 0.05) is 70.8 Å². The average Bonchev–Trinajstić information content (AvgIpc) is 1.65. The third-order valence-electron chi connectivity index (χ3n) is 19.4. The molecule has 106 heavy (non-hydrogen) atoms. The van der Waals surface area contributed by atoms with Gasteiger partial charge in [-0.1, -0.05) is 331 Å². The number of benzene rings is 16. The quantitative estimate of drug-likeness (QED) is 0.131. The van der Waals surface area contributed by atoms with Gasteiger partial charge in [-0.15, -0.1) is 0 Å². The largest absolute Gasteiger partial charge is 0.412 e. The molecule has 0 unspecified atom stereocenters. The molecule has 0 aliphatic carbocycles. The van der Waals surface area contributed by atoms with Gasteiger partial charge in [0.15, 0.2) is 34.9 Å². The number of hydrogen-bond donors (Lipinski definition) is 0. The molecular weight excluding hydrogens is 1360 g/mol. The van der Waals surface area contributed by atoms with E-state index in [1.165, 1.54) is 65.2 Å². The van der Waals surface area contributed by atoms with E-state index in [0.29, 0.717) is 34.9 Å². The van der Waals surface area contributed by atoms with Crippen LogP contribution in [0, 0.1) is 0 Å². The zero-order valence-corrected chi connectivity index (χ0v) is 58.8. The predicted molar refractivity (Wildman–Crippen MR) is 443 cm³/mol. The Morgan fingerprint density at radius 2 is 0.528 bits per heavy atom. The second-order valence-electron chi connectivity index (χ2n) is 25.6. The number of nitrogens with zero attached hydrogens (tertiary/aromatic N) is 8. The van der Waals surface area contributed by atoms with Crippen LogP contribution < -0.4 is 5.46 Å². The van der Waals surface area contributed by atoms with Crippen LogP contribution in [0.2, 0.25) is 0 Å². The van der Waals surface area contributed by atoms with Crippen molar-refractivity contribution in [2.45, 2.75) is 0 Å². The zero-order valence-electron chi connectivity index (χ0n) is 57.2. The van der Waals surface area contributed by atoms with Gasteiger partial charge >= 0.3 is 0 Å². The number of rotatable bonds is 9. The summed E-state index contributed by atoms with van der Waals surface area (Å²) in [6.07, 6.45) is 0. The summed E-state index contributed by atoms with van der Waals surface area (Å²) in [4.78, 5) is 29.8. The Morgan fingerprint density at radius 1 is 0.226 bits per heavy atom. The van der Waals surface area contributed by atoms with Crippen molar-refractivity contribution in [1.82, 2.24) is 39.0 Å². The van der Waals surface area contributed by atoms with Crippen molar-refractivity contribution in [3.63, 3.8) is 0 Å². The summed E-state index contributed by atoms with van der Waals surface area (Å²) in [6, 6.07) is 126. The first-order chi connectivity index (χ1) is 51.4. The van der Waals surface area contributed by atoms with Crippen molar-refractivity contribution in [3.8, 4) is 90.8 Å². The maximum absolute atomic E-state index is 5.87. The van der Waals surface area contributed by atoms with E-state index in [2.05, 4.69) is 237 Å². The molecule has 4 heterocycles. The van der Waals surface area contributed by atoms with E-state index in [1.54, 1.807) is 0 Å². The average molecular weight is 1430 g/mol. The van der Waals surface area contributed by atoms with Crippen molar-refractivity contribution in [3.05, 3.63) is 368 Å². The highest BCUT2D eigenvalue weighted by molar-refractivity contribution is 9.10. The lowest BCUT2D eigenvalue weighted by Crippen LogP contribution is -2.02. The normalized spacial score (nSPS) is 11.1. The lowest BCUT2D eigenvalue weighted by molar-refractivity contribution is 0.823. The van der Waals surface area contributed by atoms with Crippen molar-refractivity contribution in [2.75, 3.05) is 0 Å². The van der Waals surface area contributed by atoms with Gasteiger partial charge in [0.05, 0.1) is 22.1 Å². The second kappa shape index (κ2) is 29.2. The molecular formula is C94H64BBrN8O2. The lowest BCUT2D eigenvalue weighted by atomic mass is 9.93. The van der Waals surface area contributed by atoms with Crippen LogP contribution >= 0.6 is 15.9 Å². The molecule has 502 valence electrons. The predicted octanol–water partition coefficient (Wildman–Crippen LogP) is 21.8. The van der Waals surface area contributed by atoms with Gasteiger partial charge in [-0.3, -0.25) is 0 Å². The monoisotopic (exact) mass is 1430 g/mol. The SMILES string of the molecule is Brc1ccc2ccccc2c1-c1nc(-c2ccccc2)nc(-c2ccccc2)n1.O.O.[B]c1ccc(-n2c3ccccc3c3c4ccccc4ccc32)cc1.c1ccc(-c2nc(-c3ccccc3)nc(-c3c(-c4ccc(-n5c6ccccc6c6c7ccccc7ccc65)cc4)ccc4ccccc34)n2)cc1. The fraction of sp³-hybridized carbons (Fsp3) is 0. The highest BCUT2D eigenvalue weighted by atomic mass is 79.9. The Bertz CT molecular complexity index is 6510. The van der Waals surface area contributed by atoms with E-state index in [-0.39, 0.29) is 11.0 Å². The van der Waals surface area contributed by atoms with Gasteiger partial charge in [0.2, 0.25) is 0 Å². The van der Waals surface area contributed by atoms with Crippen LogP contribution in [0.3, 0.4) is 0 Å². The zero-order chi connectivity index (χ0) is 69.5. The summed E-state index contributed by atoms with van der Waals surface area (Å²) < 4.78 is 5.66. The Hall–Kier alpha value is -13.4. The van der Waals surface area contributed by atoms with E-state index in [0.717, 1.165) is 87.4 Å². The van der Waals surface area contributed by atoms with Gasteiger partial charge in [0.25, 0.3) is 0 Å². The first-order valence-electron chi connectivity index (χ1n) is 34.6. The maximum atomic E-state index is 5.87. The molecule has 0 aliphatic heterocycles. The third-order valence-corrected chi connectivity index (χ3v) is 20.0. The minimum atomic E-state index is 0. The summed E-state index contributed by atoms with van der Waals surface area (Å²) in [5.41, 5.74) is 15.8. The van der Waals surface area contributed by atoms with Crippen LogP contribution in [0.4, 0.5) is 0 Å². The van der Waals surface area contributed by atoms with Crippen LogP contribution in [0.15, 0.2) is 368 Å². The first kappa shape index (κ1) is 67.2. The molecule has 16 aromatic carbocycles. The van der Waals surface area contributed by atoms with Crippen LogP contribution in [-0.4, -0.2) is 57.8 Å². The van der Waals surface area contributed by atoms with E-state index in [4.69, 9.17) is 37.8 Å². The maximum Gasteiger partial charge on any atom is 0.165 e. The molecule has 0 fully saturated rings. The Balaban J connectivity index is 0.000000132. The molecule has 0 saturated carbocycles. The van der Waals surface area contributed by atoms with Crippen LogP contribution in [0.5, 0.6) is 0 Å². The van der Waals surface area contributed by atoms with Gasteiger partial charge < -0.3 is 20.1 Å². The molecule has 20 rings (SSSR count). The molecule has 2 radical (unpaired) electrons. The Morgan fingerprint density at radius 3 is 0.943 bits per heavy atom. The highest BCUT2D eigenvalue weighted by Gasteiger charge is 2.22. The summed E-state index contributed by atoms with van der Waals surface area (Å²) in [5.74, 6) is 3.91. The van der Waals surface area contributed by atoms with E-state index in [9.17, 15) is 0 Å². The summed E-state index contributed by atoms with van der Waals surface area (Å²) in [5, 5.41) is 14.7. The van der Waals surface area contributed by atoms with Crippen molar-refractivity contribution >= 4 is 116 Å². The third kappa shape index (κ3) is 12.6. The van der Waals surface area contributed by atoms with Gasteiger partial charge in [-0.05, 0) is 109 Å². The molecule has 0 amide bonds. The van der Waals surface area contributed by atoms with Crippen LogP contribution in [-0.2, 0) is 0 Å². The molecule has 4 N–H and O–H groups in total. The standard InChI is InChI=1S/C47H30N4.C25H16BrN3.C22H14BN.2H2O/c1-3-15-34(16-4-1)45-48-46(35-17-5-2-6-18-35)50-47(49-45)44-38-20-10-8-13-31(38)25-29-39(44)33-23-27-36(28-24-33)51-41-22-12-11-21-40(41)43-37-19-9-7-14-32(37)26-30-42(43)51;26-21-16-15-17-9-7-8-14-20(17)22(21)25-28-23(18-10-3-1-4-11-18)27-24(29-25)19-12-5-2-6-13-19;23-16-10-12-17(13-11-16)24-20-8-4-3-7-19(20)22-18-6-2-1-5-15(18)9-14-21(22)24;;/h1-30H;1-16H;1-14H;2*1H2.